The second kappa shape index (κ2) is 6.79. The number of furan rings is 1. The molecule has 2 aromatic heterocycles. The molecule has 0 saturated carbocycles. The number of fused-ring (bicyclic) bond motifs is 2. The van der Waals surface area contributed by atoms with Crippen LogP contribution < -0.4 is 5.32 Å². The Hall–Kier alpha value is -3.13. The number of rotatable bonds is 5. The van der Waals surface area contributed by atoms with Crippen molar-refractivity contribution in [3.05, 3.63) is 60.4 Å². The maximum absolute atomic E-state index is 12.6. The highest BCUT2D eigenvalue weighted by atomic mass is 32.2. The highest BCUT2D eigenvalue weighted by Crippen LogP contribution is 2.24. The number of benzene rings is 2. The number of para-hydroxylation sites is 3. The lowest BCUT2D eigenvalue weighted by atomic mass is 10.2. The first kappa shape index (κ1) is 18.2. The third-order valence-electron chi connectivity index (χ3n) is 4.50. The minimum Gasteiger partial charge on any atom is -0.459 e. The predicted molar refractivity (Wildman–Crippen MR) is 106 cm³/mol. The van der Waals surface area contributed by atoms with Crippen molar-refractivity contribution in [2.45, 2.75) is 24.7 Å². The molecule has 1 atom stereocenters. The number of hydrogen-bond acceptors (Lipinski definition) is 5. The molecule has 7 nitrogen and oxygen atoms in total. The van der Waals surface area contributed by atoms with Crippen LogP contribution in [0.3, 0.4) is 0 Å². The Morgan fingerprint density at radius 3 is 2.64 bits per heavy atom. The predicted octanol–water partition coefficient (Wildman–Crippen LogP) is 3.06. The Labute approximate surface area is 161 Å². The zero-order valence-corrected chi connectivity index (χ0v) is 16.2. The number of aromatic nitrogens is 2. The van der Waals surface area contributed by atoms with Gasteiger partial charge in [-0.3, -0.25) is 4.79 Å². The van der Waals surface area contributed by atoms with Gasteiger partial charge in [-0.1, -0.05) is 30.3 Å². The van der Waals surface area contributed by atoms with Crippen LogP contribution >= 0.6 is 0 Å². The van der Waals surface area contributed by atoms with Gasteiger partial charge in [0.05, 0.1) is 17.1 Å². The second-order valence-electron chi connectivity index (χ2n) is 6.72. The van der Waals surface area contributed by atoms with Crippen LogP contribution in [0.5, 0.6) is 0 Å². The fourth-order valence-corrected chi connectivity index (χ4v) is 4.03. The van der Waals surface area contributed by atoms with Gasteiger partial charge in [-0.15, -0.1) is 0 Å². The molecule has 1 N–H and O–H groups in total. The first-order chi connectivity index (χ1) is 13.3. The summed E-state index contributed by atoms with van der Waals surface area (Å²) in [4.78, 5) is 16.8. The monoisotopic (exact) mass is 397 g/mol. The number of carbonyl (C=O) groups excluding carboxylic acids is 1. The van der Waals surface area contributed by atoms with E-state index in [0.29, 0.717) is 16.8 Å². The summed E-state index contributed by atoms with van der Waals surface area (Å²) in [5.74, 6) is 0.300. The van der Waals surface area contributed by atoms with Gasteiger partial charge in [0, 0.05) is 11.6 Å². The molecule has 0 aliphatic carbocycles. The van der Waals surface area contributed by atoms with E-state index in [0.717, 1.165) is 17.2 Å². The molecule has 4 rings (SSSR count). The molecular weight excluding hydrogens is 378 g/mol. The fraction of sp³-hybridized carbons (Fsp3) is 0.200. The van der Waals surface area contributed by atoms with Gasteiger partial charge in [0.15, 0.2) is 0 Å². The molecule has 1 amide bonds. The van der Waals surface area contributed by atoms with Crippen LogP contribution in [-0.4, -0.2) is 30.1 Å². The van der Waals surface area contributed by atoms with E-state index < -0.39 is 9.84 Å². The van der Waals surface area contributed by atoms with Gasteiger partial charge >= 0.3 is 0 Å². The number of nitrogens with zero attached hydrogens (tertiary/aromatic N) is 2. The third kappa shape index (κ3) is 3.38. The number of hydrogen-bond donors (Lipinski definition) is 1. The number of sulfone groups is 1. The highest BCUT2D eigenvalue weighted by Gasteiger charge is 2.22. The van der Waals surface area contributed by atoms with Crippen molar-refractivity contribution in [2.75, 3.05) is 6.26 Å². The van der Waals surface area contributed by atoms with E-state index in [1.807, 2.05) is 37.3 Å². The zero-order valence-electron chi connectivity index (χ0n) is 15.4. The van der Waals surface area contributed by atoms with Gasteiger partial charge < -0.3 is 14.3 Å². The van der Waals surface area contributed by atoms with Crippen LogP contribution in [0.25, 0.3) is 22.0 Å². The van der Waals surface area contributed by atoms with Crippen LogP contribution in [0, 0.1) is 0 Å². The summed E-state index contributed by atoms with van der Waals surface area (Å²) in [7, 11) is -3.59. The van der Waals surface area contributed by atoms with Crippen molar-refractivity contribution in [1.29, 1.82) is 0 Å². The molecule has 0 fully saturated rings. The number of carbonyl (C=O) groups is 1. The third-order valence-corrected chi connectivity index (χ3v) is 5.48. The normalized spacial score (nSPS) is 13.1. The first-order valence-electron chi connectivity index (χ1n) is 8.76. The van der Waals surface area contributed by atoms with Crippen LogP contribution in [0.15, 0.2) is 64.2 Å². The first-order valence-corrected chi connectivity index (χ1v) is 10.7. The van der Waals surface area contributed by atoms with Crippen molar-refractivity contribution in [3.63, 3.8) is 0 Å². The van der Waals surface area contributed by atoms with Gasteiger partial charge in [0.1, 0.15) is 17.9 Å². The van der Waals surface area contributed by atoms with Gasteiger partial charge in [-0.2, -0.15) is 0 Å². The summed E-state index contributed by atoms with van der Waals surface area (Å²) in [6.45, 7) is 1.66. The molecule has 0 bridgehead atoms. The molecule has 0 aliphatic rings. The molecule has 2 heterocycles. The summed E-state index contributed by atoms with van der Waals surface area (Å²) >= 11 is 0. The van der Waals surface area contributed by atoms with E-state index in [1.165, 1.54) is 4.57 Å². The molecule has 2 aromatic carbocycles. The van der Waals surface area contributed by atoms with Crippen LogP contribution in [0.2, 0.25) is 0 Å². The Bertz CT molecular complexity index is 1250. The molecule has 4 aromatic rings. The van der Waals surface area contributed by atoms with E-state index in [4.69, 9.17) is 4.42 Å². The minimum absolute atomic E-state index is 0.125. The highest BCUT2D eigenvalue weighted by molar-refractivity contribution is 7.90. The van der Waals surface area contributed by atoms with Gasteiger partial charge in [0.2, 0.25) is 20.9 Å². The molecular formula is C20H19N3O4S. The number of imidazole rings is 1. The fourth-order valence-electron chi connectivity index (χ4n) is 3.21. The van der Waals surface area contributed by atoms with E-state index in [9.17, 15) is 13.2 Å². The molecule has 0 spiro atoms. The van der Waals surface area contributed by atoms with Gasteiger partial charge in [-0.05, 0) is 31.2 Å². The molecule has 8 heteroatoms. The quantitative estimate of drug-likeness (QED) is 0.559. The minimum atomic E-state index is -3.59. The van der Waals surface area contributed by atoms with Crippen LogP contribution in [0.4, 0.5) is 0 Å². The molecule has 0 radical (unpaired) electrons. The summed E-state index contributed by atoms with van der Waals surface area (Å²) in [6, 6.07) is 16.1. The lowest BCUT2D eigenvalue weighted by Crippen LogP contribution is -2.30. The van der Waals surface area contributed by atoms with Crippen molar-refractivity contribution >= 4 is 37.7 Å². The Morgan fingerprint density at radius 1 is 1.18 bits per heavy atom. The molecule has 0 saturated heterocycles. The van der Waals surface area contributed by atoms with Crippen molar-refractivity contribution < 1.29 is 17.6 Å². The Kier molecular flexibility index (Phi) is 4.43. The topological polar surface area (TPSA) is 94.2 Å². The maximum atomic E-state index is 12.6. The Morgan fingerprint density at radius 2 is 1.89 bits per heavy atom. The standard InChI is InChI=1S/C20H19N3O4S/c1-13(18-11-14-7-3-6-10-17(14)27-18)21-19(24)12-23-16-9-5-4-8-15(16)22-20(23)28(2,25)26/h3-11,13H,12H2,1-2H3,(H,21,24)/t13-/m1/s1. The second-order valence-corrected chi connectivity index (χ2v) is 8.63. The van der Waals surface area contributed by atoms with E-state index >= 15 is 0 Å². The molecule has 144 valence electrons. The van der Waals surface area contributed by atoms with Gasteiger partial charge in [0.25, 0.3) is 0 Å². The summed E-state index contributed by atoms with van der Waals surface area (Å²) in [5, 5.41) is 3.69. The summed E-state index contributed by atoms with van der Waals surface area (Å²) in [6.07, 6.45) is 1.08. The molecule has 28 heavy (non-hydrogen) atoms. The number of amides is 1. The van der Waals surface area contributed by atoms with Crippen LogP contribution in [0.1, 0.15) is 18.7 Å². The van der Waals surface area contributed by atoms with Crippen molar-refractivity contribution in [3.8, 4) is 0 Å². The smallest absolute Gasteiger partial charge is 0.240 e. The molecule has 0 aliphatic heterocycles. The Balaban J connectivity index is 1.60. The largest absolute Gasteiger partial charge is 0.459 e. The SMILES string of the molecule is C[C@@H](NC(=O)Cn1c(S(C)(=O)=O)nc2ccccc21)c1cc2ccccc2o1. The average Bonchev–Trinajstić information content (AvgIpc) is 3.23. The van der Waals surface area contributed by atoms with E-state index in [2.05, 4.69) is 10.3 Å². The van der Waals surface area contributed by atoms with Crippen LogP contribution in [-0.2, 0) is 21.2 Å². The maximum Gasteiger partial charge on any atom is 0.240 e. The summed E-state index contributed by atoms with van der Waals surface area (Å²) < 4.78 is 31.4. The summed E-state index contributed by atoms with van der Waals surface area (Å²) in [5.41, 5.74) is 1.87. The van der Waals surface area contributed by atoms with Gasteiger partial charge in [-0.25, -0.2) is 13.4 Å². The lowest BCUT2D eigenvalue weighted by molar-refractivity contribution is -0.122. The van der Waals surface area contributed by atoms with E-state index in [-0.39, 0.29) is 23.7 Å². The zero-order chi connectivity index (χ0) is 19.9. The molecule has 0 unspecified atom stereocenters. The lowest BCUT2D eigenvalue weighted by Gasteiger charge is -2.13. The average molecular weight is 397 g/mol. The number of nitrogens with one attached hydrogen (secondary N) is 1. The van der Waals surface area contributed by atoms with Crippen molar-refractivity contribution in [2.24, 2.45) is 0 Å². The van der Waals surface area contributed by atoms with Crippen molar-refractivity contribution in [1.82, 2.24) is 14.9 Å². The van der Waals surface area contributed by atoms with E-state index in [1.54, 1.807) is 24.3 Å².